The number of carbonyl (C=O) groups excluding carboxylic acids is 1. The Hall–Kier alpha value is -1.99. The highest BCUT2D eigenvalue weighted by molar-refractivity contribution is 5.92. The monoisotopic (exact) mass is 351 g/mol. The van der Waals surface area contributed by atoms with Gasteiger partial charge in [0, 0.05) is 24.8 Å². The molecule has 0 atom stereocenters. The molecule has 1 saturated heterocycles. The van der Waals surface area contributed by atoms with Crippen LogP contribution in [0.1, 0.15) is 25.3 Å². The van der Waals surface area contributed by atoms with Crippen molar-refractivity contribution in [2.75, 3.05) is 38.0 Å². The maximum Gasteiger partial charge on any atom is 0.317 e. The summed E-state index contributed by atoms with van der Waals surface area (Å²) in [5.74, 6) is -1.31. The molecule has 0 unspecified atom stereocenters. The van der Waals surface area contributed by atoms with E-state index in [1.807, 2.05) is 16.7 Å². The lowest BCUT2D eigenvalue weighted by Gasteiger charge is -2.37. The van der Waals surface area contributed by atoms with Gasteiger partial charge in [-0.25, -0.2) is 4.39 Å². The molecule has 7 heteroatoms. The number of benzene rings is 1. The molecule has 0 saturated carbocycles. The summed E-state index contributed by atoms with van der Waals surface area (Å²) in [4.78, 5) is 27.1. The van der Waals surface area contributed by atoms with Crippen molar-refractivity contribution in [1.82, 2.24) is 9.80 Å². The molecule has 1 amide bonds. The van der Waals surface area contributed by atoms with Crippen molar-refractivity contribution in [3.05, 3.63) is 29.6 Å². The molecular weight excluding hydrogens is 325 g/mol. The summed E-state index contributed by atoms with van der Waals surface area (Å²) >= 11 is 0. The average Bonchev–Trinajstić information content (AvgIpc) is 2.56. The normalized spacial score (nSPS) is 16.2. The van der Waals surface area contributed by atoms with Gasteiger partial charge in [-0.2, -0.15) is 0 Å². The first-order valence-electron chi connectivity index (χ1n) is 8.63. The summed E-state index contributed by atoms with van der Waals surface area (Å²) in [6.07, 6.45) is 1.68. The van der Waals surface area contributed by atoms with E-state index in [-0.39, 0.29) is 30.9 Å². The van der Waals surface area contributed by atoms with E-state index in [0.717, 1.165) is 25.9 Å². The lowest BCUT2D eigenvalue weighted by molar-refractivity contribution is -0.139. The second-order valence-corrected chi connectivity index (χ2v) is 6.48. The van der Waals surface area contributed by atoms with Crippen molar-refractivity contribution in [3.63, 3.8) is 0 Å². The smallest absolute Gasteiger partial charge is 0.317 e. The number of anilines is 1. The molecule has 0 bridgehead atoms. The minimum Gasteiger partial charge on any atom is -0.480 e. The number of rotatable bonds is 7. The fourth-order valence-electron chi connectivity index (χ4n) is 3.19. The minimum absolute atomic E-state index is 0.0562. The predicted molar refractivity (Wildman–Crippen MR) is 94.1 cm³/mol. The van der Waals surface area contributed by atoms with Gasteiger partial charge < -0.3 is 10.4 Å². The Morgan fingerprint density at radius 2 is 2.04 bits per heavy atom. The van der Waals surface area contributed by atoms with Crippen LogP contribution in [0.25, 0.3) is 0 Å². The second-order valence-electron chi connectivity index (χ2n) is 6.48. The average molecular weight is 351 g/mol. The molecule has 1 aliphatic heterocycles. The summed E-state index contributed by atoms with van der Waals surface area (Å²) in [5, 5.41) is 11.7. The fourth-order valence-corrected chi connectivity index (χ4v) is 3.19. The second kappa shape index (κ2) is 8.92. The zero-order valence-electron chi connectivity index (χ0n) is 14.8. The highest BCUT2D eigenvalue weighted by Gasteiger charge is 2.25. The number of nitrogens with zero attached hydrogens (tertiary/aromatic N) is 2. The molecule has 2 N–H and O–H groups in total. The predicted octanol–water partition coefficient (Wildman–Crippen LogP) is 1.94. The molecule has 1 heterocycles. The molecule has 0 aliphatic carbocycles. The summed E-state index contributed by atoms with van der Waals surface area (Å²) < 4.78 is 13.5. The zero-order chi connectivity index (χ0) is 18.4. The number of hydrogen-bond acceptors (Lipinski definition) is 4. The van der Waals surface area contributed by atoms with Gasteiger partial charge in [-0.05, 0) is 44.0 Å². The van der Waals surface area contributed by atoms with Crippen molar-refractivity contribution in [2.45, 2.75) is 32.7 Å². The summed E-state index contributed by atoms with van der Waals surface area (Å²) in [5.41, 5.74) is 1.00. The van der Waals surface area contributed by atoms with E-state index in [4.69, 9.17) is 5.11 Å². The molecule has 1 aromatic rings. The Morgan fingerprint density at radius 1 is 1.36 bits per heavy atom. The highest BCUT2D eigenvalue weighted by Crippen LogP contribution is 2.17. The number of likely N-dealkylation sites (N-methyl/N-ethyl adjacent to an activating group) is 1. The van der Waals surface area contributed by atoms with Gasteiger partial charge in [0.15, 0.2) is 0 Å². The summed E-state index contributed by atoms with van der Waals surface area (Å²) in [6, 6.07) is 4.89. The van der Waals surface area contributed by atoms with Crippen LogP contribution in [0.2, 0.25) is 0 Å². The van der Waals surface area contributed by atoms with Crippen molar-refractivity contribution in [1.29, 1.82) is 0 Å². The van der Waals surface area contributed by atoms with Crippen molar-refractivity contribution < 1.29 is 19.1 Å². The number of carbonyl (C=O) groups is 2. The first-order valence-corrected chi connectivity index (χ1v) is 8.63. The quantitative estimate of drug-likeness (QED) is 0.785. The van der Waals surface area contributed by atoms with Crippen LogP contribution in [0.4, 0.5) is 10.1 Å². The number of nitrogens with one attached hydrogen (secondary N) is 1. The van der Waals surface area contributed by atoms with Crippen LogP contribution in [-0.2, 0) is 9.59 Å². The SMILES string of the molecule is CCN(CC(=O)O)C1CCN(CC(=O)Nc2ccc(C)c(F)c2)CC1. The number of carboxylic acid groups (broad SMARTS) is 1. The third kappa shape index (κ3) is 5.79. The van der Waals surface area contributed by atoms with Gasteiger partial charge in [-0.1, -0.05) is 13.0 Å². The lowest BCUT2D eigenvalue weighted by atomic mass is 10.0. The van der Waals surface area contributed by atoms with Crippen LogP contribution < -0.4 is 5.32 Å². The molecule has 6 nitrogen and oxygen atoms in total. The molecule has 1 aliphatic rings. The van der Waals surface area contributed by atoms with E-state index in [1.165, 1.54) is 6.07 Å². The zero-order valence-corrected chi connectivity index (χ0v) is 14.8. The molecule has 2 rings (SSSR count). The maximum atomic E-state index is 13.5. The fraction of sp³-hybridized carbons (Fsp3) is 0.556. The van der Waals surface area contributed by atoms with Gasteiger partial charge in [-0.15, -0.1) is 0 Å². The molecule has 1 fully saturated rings. The van der Waals surface area contributed by atoms with Crippen LogP contribution in [0.5, 0.6) is 0 Å². The van der Waals surface area contributed by atoms with E-state index >= 15 is 0 Å². The lowest BCUT2D eigenvalue weighted by Crippen LogP contribution is -2.48. The molecular formula is C18H26FN3O3. The Kier molecular flexibility index (Phi) is 6.90. The maximum absolute atomic E-state index is 13.5. The standard InChI is InChI=1S/C18H26FN3O3/c1-3-22(12-18(24)25)15-6-8-21(9-7-15)11-17(23)20-14-5-4-13(2)16(19)10-14/h4-5,10,15H,3,6-9,11-12H2,1-2H3,(H,20,23)(H,24,25). The summed E-state index contributed by atoms with van der Waals surface area (Å²) in [6.45, 7) is 6.15. The first kappa shape index (κ1) is 19.3. The number of halogens is 1. The number of carboxylic acids is 1. The van der Waals surface area contributed by atoms with E-state index in [2.05, 4.69) is 5.32 Å². The molecule has 0 spiro atoms. The third-order valence-corrected chi connectivity index (χ3v) is 4.64. The van der Waals surface area contributed by atoms with Gasteiger partial charge in [-0.3, -0.25) is 19.4 Å². The number of aliphatic carboxylic acids is 1. The highest BCUT2D eigenvalue weighted by atomic mass is 19.1. The van der Waals surface area contributed by atoms with Crippen LogP contribution in [0.15, 0.2) is 18.2 Å². The van der Waals surface area contributed by atoms with Crippen LogP contribution in [-0.4, -0.2) is 65.5 Å². The number of aryl methyl sites for hydroxylation is 1. The molecule has 1 aromatic carbocycles. The molecule has 138 valence electrons. The van der Waals surface area contributed by atoms with Gasteiger partial charge in [0.05, 0.1) is 13.1 Å². The molecule has 0 aromatic heterocycles. The van der Waals surface area contributed by atoms with E-state index in [0.29, 0.717) is 17.8 Å². The summed E-state index contributed by atoms with van der Waals surface area (Å²) in [7, 11) is 0. The van der Waals surface area contributed by atoms with E-state index in [1.54, 1.807) is 19.1 Å². The topological polar surface area (TPSA) is 72.9 Å². The Balaban J connectivity index is 1.79. The van der Waals surface area contributed by atoms with Crippen molar-refractivity contribution in [2.24, 2.45) is 0 Å². The van der Waals surface area contributed by atoms with Gasteiger partial charge in [0.2, 0.25) is 5.91 Å². The first-order chi connectivity index (χ1) is 11.9. The van der Waals surface area contributed by atoms with Gasteiger partial charge in [0.25, 0.3) is 0 Å². The van der Waals surface area contributed by atoms with Crippen molar-refractivity contribution >= 4 is 17.6 Å². The molecule has 25 heavy (non-hydrogen) atoms. The van der Waals surface area contributed by atoms with Gasteiger partial charge in [0.1, 0.15) is 5.82 Å². The van der Waals surface area contributed by atoms with Crippen LogP contribution >= 0.6 is 0 Å². The van der Waals surface area contributed by atoms with Crippen LogP contribution in [0.3, 0.4) is 0 Å². The number of piperidine rings is 1. The number of hydrogen-bond donors (Lipinski definition) is 2. The van der Waals surface area contributed by atoms with E-state index in [9.17, 15) is 14.0 Å². The van der Waals surface area contributed by atoms with Gasteiger partial charge >= 0.3 is 5.97 Å². The van der Waals surface area contributed by atoms with Crippen LogP contribution in [0, 0.1) is 12.7 Å². The Morgan fingerprint density at radius 3 is 2.60 bits per heavy atom. The number of likely N-dealkylation sites (tertiary alicyclic amines) is 1. The largest absolute Gasteiger partial charge is 0.480 e. The number of amides is 1. The van der Waals surface area contributed by atoms with Crippen molar-refractivity contribution in [3.8, 4) is 0 Å². The van der Waals surface area contributed by atoms with E-state index < -0.39 is 5.97 Å². The Bertz CT molecular complexity index is 616. The molecule has 0 radical (unpaired) electrons. The third-order valence-electron chi connectivity index (χ3n) is 4.64. The minimum atomic E-state index is -0.811. The Labute approximate surface area is 147 Å².